The summed E-state index contributed by atoms with van der Waals surface area (Å²) in [6.45, 7) is 3.93. The molecule has 0 saturated carbocycles. The number of rotatable bonds is 11. The summed E-state index contributed by atoms with van der Waals surface area (Å²) < 4.78 is 24.7. The number of pyridine rings is 2. The van der Waals surface area contributed by atoms with Crippen molar-refractivity contribution in [1.82, 2.24) is 39.5 Å². The third-order valence-electron chi connectivity index (χ3n) is 11.9. The van der Waals surface area contributed by atoms with E-state index in [1.165, 1.54) is 9.87 Å². The number of hydrogen-bond donors (Lipinski definition) is 4. The van der Waals surface area contributed by atoms with Crippen LogP contribution >= 0.6 is 0 Å². The lowest BCUT2D eigenvalue weighted by Crippen LogP contribution is -2.42. The zero-order chi connectivity index (χ0) is 43.7. The van der Waals surface area contributed by atoms with Gasteiger partial charge in [0.1, 0.15) is 23.3 Å². The Bertz CT molecular complexity index is 2920. The lowest BCUT2D eigenvalue weighted by Gasteiger charge is -2.29. The second kappa shape index (κ2) is 19.8. The van der Waals surface area contributed by atoms with Crippen molar-refractivity contribution in [2.24, 2.45) is 5.14 Å². The van der Waals surface area contributed by atoms with Gasteiger partial charge in [0.2, 0.25) is 0 Å². The SMILES string of the molecule is NS(=O)(=O)N1CCC(c2nc(NCc3ccccn3)c3c(-c4ccccc4)cccc3n2)CC1.c1ccc(-c2cccc3nc(C4CCNCC4)nc(NCc4ccccn4)c23)cc1. The lowest BCUT2D eigenvalue weighted by molar-refractivity contribution is 0.314. The summed E-state index contributed by atoms with van der Waals surface area (Å²) in [7, 11) is -3.68. The van der Waals surface area contributed by atoms with Crippen molar-refractivity contribution in [3.05, 3.63) is 169 Å². The van der Waals surface area contributed by atoms with Crippen molar-refractivity contribution in [3.63, 3.8) is 0 Å². The van der Waals surface area contributed by atoms with Crippen molar-refractivity contribution in [2.45, 2.75) is 50.6 Å². The first kappa shape index (κ1) is 42.6. The highest BCUT2D eigenvalue weighted by Crippen LogP contribution is 2.37. The predicted octanol–water partition coefficient (Wildman–Crippen LogP) is 8.46. The minimum absolute atomic E-state index is 0.0539. The van der Waals surface area contributed by atoms with Gasteiger partial charge in [0.15, 0.2) is 0 Å². The number of nitrogens with zero attached hydrogens (tertiary/aromatic N) is 7. The lowest BCUT2D eigenvalue weighted by atomic mass is 9.96. The second-order valence-electron chi connectivity index (χ2n) is 16.1. The number of nitrogens with two attached hydrogens (primary N) is 1. The molecule has 0 bridgehead atoms. The van der Waals surface area contributed by atoms with E-state index in [1.807, 2.05) is 79.0 Å². The van der Waals surface area contributed by atoms with Crippen LogP contribution in [0.25, 0.3) is 44.1 Å². The normalized spacial score (nSPS) is 15.1. The van der Waals surface area contributed by atoms with Gasteiger partial charge in [-0.25, -0.2) is 25.1 Å². The van der Waals surface area contributed by atoms with Gasteiger partial charge >= 0.3 is 0 Å². The fourth-order valence-electron chi connectivity index (χ4n) is 8.54. The maximum absolute atomic E-state index is 11.7. The van der Waals surface area contributed by atoms with Gasteiger partial charge in [-0.05, 0) is 97.4 Å². The number of hydrogen-bond acceptors (Lipinski definition) is 11. The maximum atomic E-state index is 11.7. The quantitative estimate of drug-likeness (QED) is 0.0981. The Morgan fingerprint density at radius 3 is 1.44 bits per heavy atom. The first-order chi connectivity index (χ1) is 31.4. The molecule has 0 atom stereocenters. The monoisotopic (exact) mass is 869 g/mol. The minimum Gasteiger partial charge on any atom is -0.364 e. The molecule has 6 heterocycles. The van der Waals surface area contributed by atoms with E-state index in [-0.39, 0.29) is 5.92 Å². The molecule has 8 aromatic rings. The number of aromatic nitrogens is 6. The van der Waals surface area contributed by atoms with E-state index in [2.05, 4.69) is 86.6 Å². The van der Waals surface area contributed by atoms with E-state index < -0.39 is 10.2 Å². The fourth-order valence-corrected chi connectivity index (χ4v) is 9.26. The van der Waals surface area contributed by atoms with Gasteiger partial charge in [0, 0.05) is 37.3 Å². The molecule has 2 saturated heterocycles. The highest BCUT2D eigenvalue weighted by Gasteiger charge is 2.29. The average molecular weight is 870 g/mol. The molecule has 0 spiro atoms. The summed E-state index contributed by atoms with van der Waals surface area (Å²) in [6.07, 6.45) is 6.99. The second-order valence-corrected chi connectivity index (χ2v) is 17.6. The molecule has 0 aliphatic carbocycles. The van der Waals surface area contributed by atoms with Crippen LogP contribution in [0.5, 0.6) is 0 Å². The van der Waals surface area contributed by atoms with E-state index in [4.69, 9.17) is 25.1 Å². The molecule has 0 radical (unpaired) electrons. The molecule has 64 heavy (non-hydrogen) atoms. The average Bonchev–Trinajstić information content (AvgIpc) is 3.35. The van der Waals surface area contributed by atoms with E-state index >= 15 is 0 Å². The molecule has 2 aliphatic rings. The predicted molar refractivity (Wildman–Crippen MR) is 255 cm³/mol. The van der Waals surface area contributed by atoms with Crippen LogP contribution in [0.2, 0.25) is 0 Å². The molecule has 0 amide bonds. The summed E-state index contributed by atoms with van der Waals surface area (Å²) in [5.74, 6) is 3.75. The van der Waals surface area contributed by atoms with E-state index in [9.17, 15) is 8.42 Å². The standard InChI is InChI=1S/C25H26N6O2S.C25H25N5/c26-34(32,33)31-15-12-19(13-16-31)24-29-22-11-6-10-21(18-7-2-1-3-8-18)23(22)25(30-24)28-17-20-9-4-5-14-27-20;1-2-7-18(8-3-1)21-10-6-11-22-23(21)25(28-17-20-9-4-5-14-27-20)30-24(29-22)19-12-15-26-16-13-19/h1-11,14,19H,12-13,15-17H2,(H2,26,32,33)(H,28,29,30);1-11,14,19,26H,12-13,15-17H2,(H,28,29,30). The molecule has 324 valence electrons. The molecule has 2 aliphatic heterocycles. The summed E-state index contributed by atoms with van der Waals surface area (Å²) in [6, 6.07) is 44.9. The molecule has 13 nitrogen and oxygen atoms in total. The summed E-state index contributed by atoms with van der Waals surface area (Å²) in [5.41, 5.74) is 8.20. The Hall–Kier alpha value is -6.71. The van der Waals surface area contributed by atoms with Crippen LogP contribution in [0, 0.1) is 0 Å². The van der Waals surface area contributed by atoms with Crippen LogP contribution in [0.4, 0.5) is 11.6 Å². The van der Waals surface area contributed by atoms with Gasteiger partial charge in [-0.15, -0.1) is 0 Å². The summed E-state index contributed by atoms with van der Waals surface area (Å²) in [4.78, 5) is 28.8. The largest absolute Gasteiger partial charge is 0.364 e. The smallest absolute Gasteiger partial charge is 0.276 e. The van der Waals surface area contributed by atoms with Gasteiger partial charge in [-0.2, -0.15) is 12.7 Å². The maximum Gasteiger partial charge on any atom is 0.276 e. The van der Waals surface area contributed by atoms with Gasteiger partial charge in [0.25, 0.3) is 10.2 Å². The van der Waals surface area contributed by atoms with Gasteiger partial charge in [0.05, 0.1) is 46.3 Å². The molecule has 4 aromatic carbocycles. The van der Waals surface area contributed by atoms with Crippen LogP contribution in [0.3, 0.4) is 0 Å². The zero-order valence-electron chi connectivity index (χ0n) is 35.5. The Kier molecular flexibility index (Phi) is 13.2. The Labute approximate surface area is 373 Å². The van der Waals surface area contributed by atoms with E-state index in [0.717, 1.165) is 99.1 Å². The molecule has 5 N–H and O–H groups in total. The first-order valence-corrected chi connectivity index (χ1v) is 23.4. The number of piperidine rings is 2. The number of anilines is 2. The Morgan fingerprint density at radius 1 is 0.547 bits per heavy atom. The molecule has 0 unspecified atom stereocenters. The van der Waals surface area contributed by atoms with E-state index in [0.29, 0.717) is 44.9 Å². The third-order valence-corrected chi connectivity index (χ3v) is 12.9. The number of fused-ring (bicyclic) bond motifs is 2. The Morgan fingerprint density at radius 2 is 1.00 bits per heavy atom. The number of benzene rings is 4. The van der Waals surface area contributed by atoms with Crippen molar-refractivity contribution in [3.8, 4) is 22.3 Å². The topological polar surface area (TPSA) is 177 Å². The fraction of sp³-hybridized carbons (Fsp3) is 0.240. The highest BCUT2D eigenvalue weighted by molar-refractivity contribution is 7.86. The molecule has 10 rings (SSSR count). The van der Waals surface area contributed by atoms with Gasteiger partial charge < -0.3 is 16.0 Å². The van der Waals surface area contributed by atoms with Crippen LogP contribution in [0.1, 0.15) is 60.6 Å². The molecular formula is C50H51N11O2S. The van der Waals surface area contributed by atoms with Gasteiger partial charge in [-0.3, -0.25) is 9.97 Å². The molecule has 4 aromatic heterocycles. The summed E-state index contributed by atoms with van der Waals surface area (Å²) in [5, 5.41) is 17.8. The highest BCUT2D eigenvalue weighted by atomic mass is 32.2. The van der Waals surface area contributed by atoms with Crippen LogP contribution in [-0.4, -0.2) is 68.8 Å². The molecule has 2 fully saturated rings. The third kappa shape index (κ3) is 10.1. The summed E-state index contributed by atoms with van der Waals surface area (Å²) >= 11 is 0. The Balaban J connectivity index is 0.000000163. The van der Waals surface area contributed by atoms with Crippen molar-refractivity contribution in [2.75, 3.05) is 36.8 Å². The van der Waals surface area contributed by atoms with Crippen LogP contribution in [-0.2, 0) is 23.3 Å². The van der Waals surface area contributed by atoms with E-state index in [1.54, 1.807) is 6.20 Å². The first-order valence-electron chi connectivity index (χ1n) is 21.9. The van der Waals surface area contributed by atoms with Crippen molar-refractivity contribution >= 4 is 43.7 Å². The van der Waals surface area contributed by atoms with Crippen molar-refractivity contribution in [1.29, 1.82) is 0 Å². The van der Waals surface area contributed by atoms with Crippen LogP contribution in [0.15, 0.2) is 146 Å². The van der Waals surface area contributed by atoms with Gasteiger partial charge in [-0.1, -0.05) is 97.1 Å². The molecule has 14 heteroatoms. The minimum atomic E-state index is -3.68. The zero-order valence-corrected chi connectivity index (χ0v) is 36.3. The van der Waals surface area contributed by atoms with Crippen LogP contribution < -0.4 is 21.1 Å². The molecular weight excluding hydrogens is 819 g/mol. The number of nitrogens with one attached hydrogen (secondary N) is 3. The van der Waals surface area contributed by atoms with Crippen molar-refractivity contribution < 1.29 is 8.42 Å².